The lowest BCUT2D eigenvalue weighted by Crippen LogP contribution is -2.24. The topological polar surface area (TPSA) is 12.5 Å². The van der Waals surface area contributed by atoms with Gasteiger partial charge in [-0.1, -0.05) is 39.8 Å². The van der Waals surface area contributed by atoms with E-state index in [0.29, 0.717) is 5.92 Å². The fourth-order valence-corrected chi connectivity index (χ4v) is 2.12. The van der Waals surface area contributed by atoms with Gasteiger partial charge in [0.15, 0.2) is 0 Å². The zero-order valence-corrected chi connectivity index (χ0v) is 13.0. The fourth-order valence-electron chi connectivity index (χ4n) is 2.12. The van der Waals surface area contributed by atoms with Crippen LogP contribution >= 0.6 is 0 Å². The van der Waals surface area contributed by atoms with E-state index in [4.69, 9.17) is 4.74 Å². The summed E-state index contributed by atoms with van der Waals surface area (Å²) in [6, 6.07) is 8.49. The van der Waals surface area contributed by atoms with Crippen LogP contribution in [0.4, 0.5) is 0 Å². The molecule has 0 aromatic heterocycles. The number of benzene rings is 1. The Balaban J connectivity index is 2.19. The van der Waals surface area contributed by atoms with E-state index < -0.39 is 0 Å². The molecule has 1 rings (SSSR count). The Bertz CT molecular complexity index is 328. The molecule has 0 radical (unpaired) electrons. The Kier molecular flexibility index (Phi) is 7.57. The minimum atomic E-state index is 0.586. The van der Waals surface area contributed by atoms with Gasteiger partial charge >= 0.3 is 0 Å². The summed E-state index contributed by atoms with van der Waals surface area (Å²) in [6.45, 7) is 13.2. The average Bonchev–Trinajstić information content (AvgIpc) is 2.43. The Morgan fingerprint density at radius 3 is 2.16 bits per heavy atom. The lowest BCUT2D eigenvalue weighted by Gasteiger charge is -2.17. The van der Waals surface area contributed by atoms with Gasteiger partial charge in [0.2, 0.25) is 0 Å². The maximum absolute atomic E-state index is 5.77. The summed E-state index contributed by atoms with van der Waals surface area (Å²) in [4.78, 5) is 2.46. The van der Waals surface area contributed by atoms with Gasteiger partial charge in [-0.15, -0.1) is 0 Å². The minimum absolute atomic E-state index is 0.586. The van der Waals surface area contributed by atoms with Crippen LogP contribution < -0.4 is 4.74 Å². The highest BCUT2D eigenvalue weighted by atomic mass is 16.5. The van der Waals surface area contributed by atoms with Gasteiger partial charge in [0.05, 0.1) is 6.61 Å². The molecule has 19 heavy (non-hydrogen) atoms. The molecule has 0 bridgehead atoms. The zero-order valence-electron chi connectivity index (χ0n) is 13.0. The van der Waals surface area contributed by atoms with Crippen LogP contribution in [0.2, 0.25) is 0 Å². The summed E-state index contributed by atoms with van der Waals surface area (Å²) in [5.74, 6) is 1.58. The SMILES string of the molecule is CCN(CC)CCCCOc1ccc(C(C)C)cc1. The molecule has 0 fully saturated rings. The predicted octanol–water partition coefficient (Wildman–Crippen LogP) is 4.31. The second kappa shape index (κ2) is 8.98. The predicted molar refractivity (Wildman–Crippen MR) is 83.0 cm³/mol. The van der Waals surface area contributed by atoms with Gasteiger partial charge in [0.1, 0.15) is 5.75 Å². The van der Waals surface area contributed by atoms with Crippen molar-refractivity contribution in [2.24, 2.45) is 0 Å². The Labute approximate surface area is 118 Å². The number of rotatable bonds is 9. The highest BCUT2D eigenvalue weighted by molar-refractivity contribution is 5.28. The maximum atomic E-state index is 5.77. The molecule has 0 aliphatic heterocycles. The Morgan fingerprint density at radius 2 is 1.63 bits per heavy atom. The average molecular weight is 263 g/mol. The molecule has 0 unspecified atom stereocenters. The number of ether oxygens (including phenoxy) is 1. The maximum Gasteiger partial charge on any atom is 0.119 e. The van der Waals surface area contributed by atoms with Gasteiger partial charge in [0, 0.05) is 0 Å². The van der Waals surface area contributed by atoms with Gasteiger partial charge in [-0.2, -0.15) is 0 Å². The van der Waals surface area contributed by atoms with Gasteiger partial charge in [0.25, 0.3) is 0 Å². The van der Waals surface area contributed by atoms with Crippen LogP contribution in [-0.2, 0) is 0 Å². The largest absolute Gasteiger partial charge is 0.494 e. The number of unbranched alkanes of at least 4 members (excludes halogenated alkanes) is 1. The highest BCUT2D eigenvalue weighted by Crippen LogP contribution is 2.18. The summed E-state index contributed by atoms with van der Waals surface area (Å²) in [5, 5.41) is 0. The highest BCUT2D eigenvalue weighted by Gasteiger charge is 2.00. The second-order valence-electron chi connectivity index (χ2n) is 5.31. The van der Waals surface area contributed by atoms with Crippen molar-refractivity contribution in [1.29, 1.82) is 0 Å². The molecule has 0 N–H and O–H groups in total. The van der Waals surface area contributed by atoms with E-state index in [1.807, 2.05) is 0 Å². The van der Waals surface area contributed by atoms with Gasteiger partial charge in [-0.05, 0) is 56.1 Å². The summed E-state index contributed by atoms with van der Waals surface area (Å²) >= 11 is 0. The third kappa shape index (κ3) is 6.11. The van der Waals surface area contributed by atoms with Crippen LogP contribution in [0.5, 0.6) is 5.75 Å². The van der Waals surface area contributed by atoms with Crippen molar-refractivity contribution in [2.75, 3.05) is 26.2 Å². The summed E-state index contributed by atoms with van der Waals surface area (Å²) in [6.07, 6.45) is 2.34. The van der Waals surface area contributed by atoms with Crippen LogP contribution in [0.3, 0.4) is 0 Å². The minimum Gasteiger partial charge on any atom is -0.494 e. The van der Waals surface area contributed by atoms with Crippen LogP contribution in [-0.4, -0.2) is 31.1 Å². The Morgan fingerprint density at radius 1 is 1.00 bits per heavy atom. The first-order valence-corrected chi connectivity index (χ1v) is 7.62. The van der Waals surface area contributed by atoms with Crippen LogP contribution in [0.15, 0.2) is 24.3 Å². The molecule has 108 valence electrons. The number of hydrogen-bond acceptors (Lipinski definition) is 2. The summed E-state index contributed by atoms with van der Waals surface area (Å²) < 4.78 is 5.77. The molecule has 1 aromatic carbocycles. The van der Waals surface area contributed by atoms with E-state index >= 15 is 0 Å². The molecule has 0 saturated carbocycles. The van der Waals surface area contributed by atoms with Gasteiger partial charge in [-0.3, -0.25) is 0 Å². The normalized spacial score (nSPS) is 11.3. The molecule has 0 atom stereocenters. The second-order valence-corrected chi connectivity index (χ2v) is 5.31. The van der Waals surface area contributed by atoms with Crippen LogP contribution in [0.1, 0.15) is 52.0 Å². The van der Waals surface area contributed by atoms with E-state index in [-0.39, 0.29) is 0 Å². The molecule has 0 spiro atoms. The standard InChI is InChI=1S/C17H29NO/c1-5-18(6-2)13-7-8-14-19-17-11-9-16(10-12-17)15(3)4/h9-12,15H,5-8,13-14H2,1-4H3. The van der Waals surface area contributed by atoms with E-state index in [1.165, 1.54) is 18.5 Å². The van der Waals surface area contributed by atoms with Crippen LogP contribution in [0.25, 0.3) is 0 Å². The van der Waals surface area contributed by atoms with Crippen molar-refractivity contribution in [3.63, 3.8) is 0 Å². The van der Waals surface area contributed by atoms with Crippen molar-refractivity contribution in [3.05, 3.63) is 29.8 Å². The molecule has 1 aromatic rings. The van der Waals surface area contributed by atoms with E-state index in [2.05, 4.69) is 56.9 Å². The first kappa shape index (κ1) is 16.0. The third-order valence-electron chi connectivity index (χ3n) is 3.58. The first-order valence-electron chi connectivity index (χ1n) is 7.62. The lowest BCUT2D eigenvalue weighted by molar-refractivity contribution is 0.266. The molecule has 0 aliphatic carbocycles. The van der Waals surface area contributed by atoms with E-state index in [9.17, 15) is 0 Å². The lowest BCUT2D eigenvalue weighted by atomic mass is 10.0. The van der Waals surface area contributed by atoms with Gasteiger partial charge < -0.3 is 9.64 Å². The molecule has 2 heteroatoms. The van der Waals surface area contributed by atoms with Crippen molar-refractivity contribution in [3.8, 4) is 5.75 Å². The number of hydrogen-bond donors (Lipinski definition) is 0. The monoisotopic (exact) mass is 263 g/mol. The first-order chi connectivity index (χ1) is 9.17. The smallest absolute Gasteiger partial charge is 0.119 e. The van der Waals surface area contributed by atoms with Crippen molar-refractivity contribution in [1.82, 2.24) is 4.90 Å². The molecule has 0 amide bonds. The van der Waals surface area contributed by atoms with Crippen molar-refractivity contribution < 1.29 is 4.74 Å². The molecular weight excluding hydrogens is 234 g/mol. The molecular formula is C17H29NO. The third-order valence-corrected chi connectivity index (χ3v) is 3.58. The van der Waals surface area contributed by atoms with Crippen molar-refractivity contribution in [2.45, 2.75) is 46.5 Å². The zero-order chi connectivity index (χ0) is 14.1. The van der Waals surface area contributed by atoms with E-state index in [1.54, 1.807) is 0 Å². The van der Waals surface area contributed by atoms with Gasteiger partial charge in [-0.25, -0.2) is 0 Å². The molecule has 0 saturated heterocycles. The summed E-state index contributed by atoms with van der Waals surface area (Å²) in [7, 11) is 0. The van der Waals surface area contributed by atoms with E-state index in [0.717, 1.165) is 31.9 Å². The van der Waals surface area contributed by atoms with Crippen molar-refractivity contribution >= 4 is 0 Å². The van der Waals surface area contributed by atoms with Crippen LogP contribution in [0, 0.1) is 0 Å². The molecule has 0 heterocycles. The quantitative estimate of drug-likeness (QED) is 0.616. The number of nitrogens with zero attached hydrogens (tertiary/aromatic N) is 1. The summed E-state index contributed by atoms with van der Waals surface area (Å²) in [5.41, 5.74) is 1.37. The Hall–Kier alpha value is -1.02. The molecule has 2 nitrogen and oxygen atoms in total. The fraction of sp³-hybridized carbons (Fsp3) is 0.647. The molecule has 0 aliphatic rings.